The van der Waals surface area contributed by atoms with E-state index in [9.17, 15) is 0 Å². The molecular formula is C13H14Cl2N2O2. The molecule has 0 saturated heterocycles. The molecule has 0 aliphatic carbocycles. The largest absolute Gasteiger partial charge is 0.482 e. The Morgan fingerprint density at radius 2 is 2.11 bits per heavy atom. The molecule has 19 heavy (non-hydrogen) atoms. The van der Waals surface area contributed by atoms with Crippen molar-refractivity contribution in [2.45, 2.75) is 26.9 Å². The van der Waals surface area contributed by atoms with E-state index in [2.05, 4.69) is 24.0 Å². The molecule has 0 N–H and O–H groups in total. The molecule has 0 aliphatic heterocycles. The predicted molar refractivity (Wildman–Crippen MR) is 73.6 cm³/mol. The lowest BCUT2D eigenvalue weighted by atomic mass is 10.1. The second-order valence-electron chi connectivity index (χ2n) is 4.54. The second kappa shape index (κ2) is 6.26. The maximum absolute atomic E-state index is 6.01. The van der Waals surface area contributed by atoms with Gasteiger partial charge in [0.05, 0.1) is 5.02 Å². The highest BCUT2D eigenvalue weighted by atomic mass is 35.5. The van der Waals surface area contributed by atoms with Crippen LogP contribution in [0.3, 0.4) is 0 Å². The van der Waals surface area contributed by atoms with Crippen molar-refractivity contribution < 1.29 is 9.26 Å². The van der Waals surface area contributed by atoms with Gasteiger partial charge in [0, 0.05) is 6.42 Å². The number of rotatable bonds is 5. The molecule has 6 heteroatoms. The summed E-state index contributed by atoms with van der Waals surface area (Å²) >= 11 is 11.9. The zero-order valence-corrected chi connectivity index (χ0v) is 12.2. The van der Waals surface area contributed by atoms with Gasteiger partial charge in [-0.3, -0.25) is 0 Å². The minimum atomic E-state index is 0.172. The highest BCUT2D eigenvalue weighted by Crippen LogP contribution is 2.31. The summed E-state index contributed by atoms with van der Waals surface area (Å²) in [6.45, 7) is 4.36. The Morgan fingerprint density at radius 3 is 2.84 bits per heavy atom. The summed E-state index contributed by atoms with van der Waals surface area (Å²) in [6.07, 6.45) is 0.779. The van der Waals surface area contributed by atoms with Crippen molar-refractivity contribution in [3.63, 3.8) is 0 Å². The number of aromatic nitrogens is 2. The quantitative estimate of drug-likeness (QED) is 0.832. The van der Waals surface area contributed by atoms with Gasteiger partial charge in [0.2, 0.25) is 0 Å². The van der Waals surface area contributed by atoms with Crippen molar-refractivity contribution in [1.82, 2.24) is 10.1 Å². The van der Waals surface area contributed by atoms with Crippen LogP contribution >= 0.6 is 23.2 Å². The van der Waals surface area contributed by atoms with Crippen LogP contribution < -0.4 is 4.74 Å². The van der Waals surface area contributed by atoms with Crippen LogP contribution in [0, 0.1) is 5.92 Å². The van der Waals surface area contributed by atoms with Crippen LogP contribution in [0.15, 0.2) is 22.7 Å². The first-order valence-corrected chi connectivity index (χ1v) is 6.70. The van der Waals surface area contributed by atoms with Gasteiger partial charge in [-0.2, -0.15) is 4.98 Å². The predicted octanol–water partition coefficient (Wildman–Crippen LogP) is 4.15. The lowest BCUT2D eigenvalue weighted by Gasteiger charge is -2.05. The van der Waals surface area contributed by atoms with Gasteiger partial charge in [0.1, 0.15) is 10.8 Å². The fraction of sp³-hybridized carbons (Fsp3) is 0.385. The number of halogens is 2. The fourth-order valence-electron chi connectivity index (χ4n) is 1.53. The standard InChI is InChI=1S/C13H14Cl2N2O2/c1-8(2)6-11-16-12(19-17-11)7-18-10-5-3-4-9(14)13(10)15/h3-5,8H,6-7H2,1-2H3. The van der Waals surface area contributed by atoms with E-state index in [4.69, 9.17) is 32.5 Å². The second-order valence-corrected chi connectivity index (χ2v) is 5.33. The van der Waals surface area contributed by atoms with Gasteiger partial charge in [-0.15, -0.1) is 0 Å². The number of nitrogens with zero attached hydrogens (tertiary/aromatic N) is 2. The third-order valence-corrected chi connectivity index (χ3v) is 3.17. The van der Waals surface area contributed by atoms with Gasteiger partial charge in [-0.05, 0) is 18.1 Å². The Kier molecular flexibility index (Phi) is 4.66. The zero-order valence-electron chi connectivity index (χ0n) is 10.7. The van der Waals surface area contributed by atoms with E-state index in [-0.39, 0.29) is 6.61 Å². The first-order chi connectivity index (χ1) is 9.06. The molecule has 2 aromatic rings. The maximum Gasteiger partial charge on any atom is 0.264 e. The van der Waals surface area contributed by atoms with E-state index >= 15 is 0 Å². The Morgan fingerprint density at radius 1 is 1.32 bits per heavy atom. The smallest absolute Gasteiger partial charge is 0.264 e. The highest BCUT2D eigenvalue weighted by molar-refractivity contribution is 6.42. The number of hydrogen-bond donors (Lipinski definition) is 0. The Balaban J connectivity index is 1.98. The molecule has 0 radical (unpaired) electrons. The summed E-state index contributed by atoms with van der Waals surface area (Å²) in [7, 11) is 0. The zero-order chi connectivity index (χ0) is 13.8. The van der Waals surface area contributed by atoms with Gasteiger partial charge in [-0.1, -0.05) is 48.3 Å². The van der Waals surface area contributed by atoms with Crippen molar-refractivity contribution in [3.8, 4) is 5.75 Å². The molecule has 0 spiro atoms. The molecule has 0 unspecified atom stereocenters. The topological polar surface area (TPSA) is 48.2 Å². The average molecular weight is 301 g/mol. The fourth-order valence-corrected chi connectivity index (χ4v) is 1.88. The number of hydrogen-bond acceptors (Lipinski definition) is 4. The lowest BCUT2D eigenvalue weighted by molar-refractivity contribution is 0.242. The molecule has 2 rings (SSSR count). The van der Waals surface area contributed by atoms with E-state index in [1.54, 1.807) is 18.2 Å². The van der Waals surface area contributed by atoms with E-state index in [0.29, 0.717) is 33.4 Å². The highest BCUT2D eigenvalue weighted by Gasteiger charge is 2.10. The lowest BCUT2D eigenvalue weighted by Crippen LogP contribution is -1.99. The van der Waals surface area contributed by atoms with Crippen molar-refractivity contribution in [2.75, 3.05) is 0 Å². The normalized spacial score (nSPS) is 11.0. The van der Waals surface area contributed by atoms with E-state index in [1.807, 2.05) is 0 Å². The summed E-state index contributed by atoms with van der Waals surface area (Å²) in [5, 5.41) is 4.71. The van der Waals surface area contributed by atoms with Crippen LogP contribution in [0.1, 0.15) is 25.6 Å². The molecule has 0 saturated carbocycles. The van der Waals surface area contributed by atoms with Crippen LogP contribution in [0.2, 0.25) is 10.0 Å². The monoisotopic (exact) mass is 300 g/mol. The van der Waals surface area contributed by atoms with Crippen LogP contribution in [0.25, 0.3) is 0 Å². The SMILES string of the molecule is CC(C)Cc1noc(COc2cccc(Cl)c2Cl)n1. The van der Waals surface area contributed by atoms with Crippen molar-refractivity contribution >= 4 is 23.2 Å². The van der Waals surface area contributed by atoms with Crippen LogP contribution in [-0.2, 0) is 13.0 Å². The molecule has 102 valence electrons. The first-order valence-electron chi connectivity index (χ1n) is 5.94. The average Bonchev–Trinajstić information content (AvgIpc) is 2.78. The van der Waals surface area contributed by atoms with Crippen LogP contribution in [0.5, 0.6) is 5.75 Å². The third kappa shape index (κ3) is 3.85. The summed E-state index contributed by atoms with van der Waals surface area (Å²) in [5.41, 5.74) is 0. The molecule has 0 bridgehead atoms. The Bertz CT molecular complexity index is 555. The number of ether oxygens (including phenoxy) is 1. The molecule has 1 aromatic heterocycles. The molecule has 1 aromatic carbocycles. The van der Waals surface area contributed by atoms with Crippen molar-refractivity contribution in [3.05, 3.63) is 40.0 Å². The van der Waals surface area contributed by atoms with E-state index < -0.39 is 0 Å². The van der Waals surface area contributed by atoms with Crippen molar-refractivity contribution in [1.29, 1.82) is 0 Å². The van der Waals surface area contributed by atoms with Gasteiger partial charge in [0.15, 0.2) is 12.4 Å². The maximum atomic E-state index is 6.01. The minimum Gasteiger partial charge on any atom is -0.482 e. The van der Waals surface area contributed by atoms with Gasteiger partial charge in [-0.25, -0.2) is 0 Å². The number of benzene rings is 1. The van der Waals surface area contributed by atoms with Gasteiger partial charge in [0.25, 0.3) is 5.89 Å². The molecular weight excluding hydrogens is 287 g/mol. The van der Waals surface area contributed by atoms with Gasteiger partial charge >= 0.3 is 0 Å². The molecule has 0 fully saturated rings. The molecule has 0 atom stereocenters. The first kappa shape index (κ1) is 14.2. The summed E-state index contributed by atoms with van der Waals surface area (Å²) in [4.78, 5) is 4.24. The minimum absolute atomic E-state index is 0.172. The summed E-state index contributed by atoms with van der Waals surface area (Å²) in [5.74, 6) is 2.09. The van der Waals surface area contributed by atoms with E-state index in [1.165, 1.54) is 0 Å². The summed E-state index contributed by atoms with van der Waals surface area (Å²) in [6, 6.07) is 5.20. The third-order valence-electron chi connectivity index (χ3n) is 2.37. The molecule has 4 nitrogen and oxygen atoms in total. The van der Waals surface area contributed by atoms with E-state index in [0.717, 1.165) is 6.42 Å². The Labute approximate surface area is 121 Å². The van der Waals surface area contributed by atoms with Crippen molar-refractivity contribution in [2.24, 2.45) is 5.92 Å². The molecule has 1 heterocycles. The molecule has 0 aliphatic rings. The van der Waals surface area contributed by atoms with Crippen LogP contribution in [-0.4, -0.2) is 10.1 Å². The molecule has 0 amide bonds. The Hall–Kier alpha value is -1.26. The summed E-state index contributed by atoms with van der Waals surface area (Å²) < 4.78 is 10.6. The van der Waals surface area contributed by atoms with Gasteiger partial charge < -0.3 is 9.26 Å². The van der Waals surface area contributed by atoms with Crippen LogP contribution in [0.4, 0.5) is 0 Å².